The van der Waals surface area contributed by atoms with Crippen molar-refractivity contribution in [2.45, 2.75) is 26.4 Å². The monoisotopic (exact) mass is 466 g/mol. The summed E-state index contributed by atoms with van der Waals surface area (Å²) in [6.45, 7) is 6.47. The van der Waals surface area contributed by atoms with E-state index in [2.05, 4.69) is 35.1 Å². The SMILES string of the molecule is COc1cc(NC(=O)Nc2ccc(C(F)(F)F)cc2)ccc1C(=O)NCCCNCC(C)C. The summed E-state index contributed by atoms with van der Waals surface area (Å²) < 4.78 is 43.2. The van der Waals surface area contributed by atoms with Gasteiger partial charge in [-0.2, -0.15) is 13.2 Å². The van der Waals surface area contributed by atoms with Gasteiger partial charge < -0.3 is 26.0 Å². The number of ether oxygens (including phenoxy) is 1. The van der Waals surface area contributed by atoms with Gasteiger partial charge >= 0.3 is 12.2 Å². The van der Waals surface area contributed by atoms with E-state index in [9.17, 15) is 22.8 Å². The van der Waals surface area contributed by atoms with Crippen molar-refractivity contribution in [2.24, 2.45) is 5.92 Å². The zero-order valence-corrected chi connectivity index (χ0v) is 18.8. The number of alkyl halides is 3. The largest absolute Gasteiger partial charge is 0.496 e. The van der Waals surface area contributed by atoms with Crippen LogP contribution in [-0.4, -0.2) is 38.7 Å². The Labute approximate surface area is 191 Å². The van der Waals surface area contributed by atoms with Crippen LogP contribution < -0.4 is 26.0 Å². The maximum atomic E-state index is 12.6. The molecule has 0 heterocycles. The third-order valence-corrected chi connectivity index (χ3v) is 4.54. The fourth-order valence-electron chi connectivity index (χ4n) is 2.89. The summed E-state index contributed by atoms with van der Waals surface area (Å²) in [5, 5.41) is 11.1. The quantitative estimate of drug-likeness (QED) is 0.381. The molecule has 2 aromatic rings. The molecule has 0 unspecified atom stereocenters. The molecule has 4 N–H and O–H groups in total. The summed E-state index contributed by atoms with van der Waals surface area (Å²) in [6, 6.07) is 7.99. The molecular formula is C23H29F3N4O3. The molecule has 7 nitrogen and oxygen atoms in total. The van der Waals surface area contributed by atoms with Crippen molar-refractivity contribution in [2.75, 3.05) is 37.4 Å². The number of halogens is 3. The van der Waals surface area contributed by atoms with E-state index >= 15 is 0 Å². The lowest BCUT2D eigenvalue weighted by Crippen LogP contribution is -2.28. The van der Waals surface area contributed by atoms with Gasteiger partial charge in [0.25, 0.3) is 5.91 Å². The van der Waals surface area contributed by atoms with E-state index in [0.29, 0.717) is 23.7 Å². The number of benzene rings is 2. The molecule has 0 saturated heterocycles. The first kappa shape index (κ1) is 26.0. The second-order valence-corrected chi connectivity index (χ2v) is 7.78. The van der Waals surface area contributed by atoms with E-state index in [4.69, 9.17) is 4.74 Å². The van der Waals surface area contributed by atoms with Crippen molar-refractivity contribution < 1.29 is 27.5 Å². The molecule has 0 aromatic heterocycles. The maximum Gasteiger partial charge on any atom is 0.416 e. The van der Waals surface area contributed by atoms with E-state index in [1.165, 1.54) is 25.3 Å². The number of anilines is 2. The topological polar surface area (TPSA) is 91.5 Å². The lowest BCUT2D eigenvalue weighted by atomic mass is 10.1. The van der Waals surface area contributed by atoms with Gasteiger partial charge in [-0.15, -0.1) is 0 Å². The first-order valence-corrected chi connectivity index (χ1v) is 10.5. The van der Waals surface area contributed by atoms with Crippen LogP contribution in [0.25, 0.3) is 0 Å². The highest BCUT2D eigenvalue weighted by atomic mass is 19.4. The Hall–Kier alpha value is -3.27. The molecule has 0 aliphatic rings. The Bertz CT molecular complexity index is 932. The number of carbonyl (C=O) groups excluding carboxylic acids is 2. The highest BCUT2D eigenvalue weighted by molar-refractivity contribution is 6.01. The number of hydrogen-bond donors (Lipinski definition) is 4. The van der Waals surface area contributed by atoms with Crippen LogP contribution in [0, 0.1) is 5.92 Å². The molecule has 10 heteroatoms. The van der Waals surface area contributed by atoms with Gasteiger partial charge in [0.2, 0.25) is 0 Å². The molecule has 2 rings (SSSR count). The van der Waals surface area contributed by atoms with Gasteiger partial charge in [-0.3, -0.25) is 4.79 Å². The molecule has 0 spiro atoms. The summed E-state index contributed by atoms with van der Waals surface area (Å²) in [6.07, 6.45) is -3.67. The predicted molar refractivity (Wildman–Crippen MR) is 122 cm³/mol. The molecule has 0 atom stereocenters. The number of carbonyl (C=O) groups is 2. The van der Waals surface area contributed by atoms with Crippen LogP contribution in [-0.2, 0) is 6.18 Å². The van der Waals surface area contributed by atoms with Crippen molar-refractivity contribution in [1.29, 1.82) is 0 Å². The molecule has 0 aliphatic heterocycles. The zero-order valence-electron chi connectivity index (χ0n) is 18.8. The van der Waals surface area contributed by atoms with E-state index in [1.54, 1.807) is 0 Å². The Morgan fingerprint density at radius 3 is 2.21 bits per heavy atom. The molecule has 0 saturated carbocycles. The minimum absolute atomic E-state index is 0.200. The van der Waals surface area contributed by atoms with Crippen molar-refractivity contribution in [1.82, 2.24) is 10.6 Å². The van der Waals surface area contributed by atoms with Gasteiger partial charge in [0.05, 0.1) is 18.2 Å². The second kappa shape index (κ2) is 12.1. The highest BCUT2D eigenvalue weighted by Crippen LogP contribution is 2.30. The van der Waals surface area contributed by atoms with Gasteiger partial charge in [-0.25, -0.2) is 4.79 Å². The number of nitrogens with one attached hydrogen (secondary N) is 4. The first-order valence-electron chi connectivity index (χ1n) is 10.5. The number of methoxy groups -OCH3 is 1. The third-order valence-electron chi connectivity index (χ3n) is 4.54. The number of amides is 3. The fourth-order valence-corrected chi connectivity index (χ4v) is 2.89. The maximum absolute atomic E-state index is 12.6. The van der Waals surface area contributed by atoms with Gasteiger partial charge in [-0.05, 0) is 61.8 Å². The third kappa shape index (κ3) is 8.64. The number of rotatable bonds is 10. The van der Waals surface area contributed by atoms with Crippen LogP contribution in [0.4, 0.5) is 29.3 Å². The van der Waals surface area contributed by atoms with E-state index in [1.807, 2.05) is 0 Å². The molecule has 0 bridgehead atoms. The van der Waals surface area contributed by atoms with Crippen LogP contribution in [0.5, 0.6) is 5.75 Å². The summed E-state index contributed by atoms with van der Waals surface area (Å²) in [5.74, 6) is 0.544. The van der Waals surface area contributed by atoms with Crippen LogP contribution >= 0.6 is 0 Å². The molecule has 180 valence electrons. The van der Waals surface area contributed by atoms with Gasteiger partial charge in [0.15, 0.2) is 0 Å². The predicted octanol–water partition coefficient (Wildman–Crippen LogP) is 4.72. The molecule has 3 amide bonds. The molecule has 0 fully saturated rings. The molecule has 2 aromatic carbocycles. The van der Waals surface area contributed by atoms with Crippen molar-refractivity contribution in [3.8, 4) is 5.75 Å². The van der Waals surface area contributed by atoms with Crippen LogP contribution in [0.2, 0.25) is 0 Å². The number of hydrogen-bond acceptors (Lipinski definition) is 4. The van der Waals surface area contributed by atoms with Crippen molar-refractivity contribution >= 4 is 23.3 Å². The van der Waals surface area contributed by atoms with Gasteiger partial charge in [-0.1, -0.05) is 13.8 Å². The fraction of sp³-hybridized carbons (Fsp3) is 0.391. The smallest absolute Gasteiger partial charge is 0.416 e. The molecule has 33 heavy (non-hydrogen) atoms. The van der Waals surface area contributed by atoms with Crippen LogP contribution in [0.15, 0.2) is 42.5 Å². The normalized spacial score (nSPS) is 11.2. The average Bonchev–Trinajstić information content (AvgIpc) is 2.75. The zero-order chi connectivity index (χ0) is 24.4. The minimum Gasteiger partial charge on any atom is -0.496 e. The van der Waals surface area contributed by atoms with E-state index in [0.717, 1.165) is 43.8 Å². The van der Waals surface area contributed by atoms with Crippen molar-refractivity contribution in [3.63, 3.8) is 0 Å². The summed E-state index contributed by atoms with van der Waals surface area (Å²) >= 11 is 0. The standard InChI is InChI=1S/C23H29F3N4O3/c1-15(2)14-27-11-4-12-28-21(31)19-10-9-18(13-20(19)33-3)30-22(32)29-17-7-5-16(6-8-17)23(24,25)26/h5-10,13,15,27H,4,11-12,14H2,1-3H3,(H,28,31)(H2,29,30,32). The summed E-state index contributed by atoms with van der Waals surface area (Å²) in [7, 11) is 1.41. The van der Waals surface area contributed by atoms with Crippen LogP contribution in [0.1, 0.15) is 36.2 Å². The second-order valence-electron chi connectivity index (χ2n) is 7.78. The minimum atomic E-state index is -4.45. The first-order chi connectivity index (χ1) is 15.6. The lowest BCUT2D eigenvalue weighted by molar-refractivity contribution is -0.137. The Kier molecular flexibility index (Phi) is 9.53. The van der Waals surface area contributed by atoms with Gasteiger partial charge in [0.1, 0.15) is 5.75 Å². The van der Waals surface area contributed by atoms with E-state index in [-0.39, 0.29) is 17.3 Å². The highest BCUT2D eigenvalue weighted by Gasteiger charge is 2.30. The Morgan fingerprint density at radius 1 is 0.970 bits per heavy atom. The Morgan fingerprint density at radius 2 is 1.61 bits per heavy atom. The van der Waals surface area contributed by atoms with Crippen LogP contribution in [0.3, 0.4) is 0 Å². The summed E-state index contributed by atoms with van der Waals surface area (Å²) in [5.41, 5.74) is 0.0669. The number of urea groups is 1. The molecular weight excluding hydrogens is 437 g/mol. The average molecular weight is 467 g/mol. The molecule has 0 aliphatic carbocycles. The Balaban J connectivity index is 1.90. The van der Waals surface area contributed by atoms with Gasteiger partial charge in [0, 0.05) is 24.0 Å². The van der Waals surface area contributed by atoms with E-state index < -0.39 is 17.8 Å². The summed E-state index contributed by atoms with van der Waals surface area (Å²) in [4.78, 5) is 24.6. The lowest BCUT2D eigenvalue weighted by Gasteiger charge is -2.13. The molecule has 0 radical (unpaired) electrons. The van der Waals surface area contributed by atoms with Crippen molar-refractivity contribution in [3.05, 3.63) is 53.6 Å².